The van der Waals surface area contributed by atoms with Crippen LogP contribution in [0.1, 0.15) is 40.0 Å². The monoisotopic (exact) mass is 255 g/mol. The van der Waals surface area contributed by atoms with Gasteiger partial charge in [-0.3, -0.25) is 9.69 Å². The molecule has 1 heterocycles. The maximum atomic E-state index is 11.9. The van der Waals surface area contributed by atoms with Gasteiger partial charge in [-0.25, -0.2) is 0 Å². The number of carbonyl (C=O) groups excluding carboxylic acids is 1. The molecule has 106 valence electrons. The first-order valence-corrected chi connectivity index (χ1v) is 7.35. The molecule has 0 saturated carbocycles. The maximum absolute atomic E-state index is 11.9. The molecule has 0 aliphatic carbocycles. The third kappa shape index (κ3) is 5.83. The molecule has 4 heteroatoms. The van der Waals surface area contributed by atoms with Gasteiger partial charge < -0.3 is 10.6 Å². The van der Waals surface area contributed by atoms with Crippen LogP contribution in [0.2, 0.25) is 0 Å². The van der Waals surface area contributed by atoms with E-state index in [1.165, 1.54) is 12.8 Å². The summed E-state index contributed by atoms with van der Waals surface area (Å²) >= 11 is 0. The summed E-state index contributed by atoms with van der Waals surface area (Å²) in [5, 5.41) is 6.42. The normalized spacial score (nSPS) is 20.4. The highest BCUT2D eigenvalue weighted by Crippen LogP contribution is 2.09. The second-order valence-corrected chi connectivity index (χ2v) is 5.60. The van der Waals surface area contributed by atoms with E-state index in [2.05, 4.69) is 36.3 Å². The Morgan fingerprint density at radius 3 is 2.83 bits per heavy atom. The largest absolute Gasteiger partial charge is 0.355 e. The zero-order valence-electron chi connectivity index (χ0n) is 12.2. The molecule has 1 amide bonds. The topological polar surface area (TPSA) is 44.4 Å². The molecular weight excluding hydrogens is 226 g/mol. The molecule has 0 aromatic rings. The number of nitrogens with zero attached hydrogens (tertiary/aromatic N) is 1. The number of carbonyl (C=O) groups is 1. The molecule has 0 spiro atoms. The lowest BCUT2D eigenvalue weighted by molar-refractivity contribution is -0.122. The van der Waals surface area contributed by atoms with Crippen molar-refractivity contribution >= 4 is 5.91 Å². The van der Waals surface area contributed by atoms with Crippen molar-refractivity contribution in [3.63, 3.8) is 0 Å². The first-order valence-electron chi connectivity index (χ1n) is 7.35. The molecule has 1 atom stereocenters. The van der Waals surface area contributed by atoms with Gasteiger partial charge in [-0.15, -0.1) is 0 Å². The Hall–Kier alpha value is -0.610. The van der Waals surface area contributed by atoms with Crippen molar-refractivity contribution in [2.24, 2.45) is 5.92 Å². The molecule has 0 bridgehead atoms. The van der Waals surface area contributed by atoms with Crippen molar-refractivity contribution in [2.75, 3.05) is 32.7 Å². The number of hydrogen-bond acceptors (Lipinski definition) is 3. The van der Waals surface area contributed by atoms with Crippen molar-refractivity contribution in [1.82, 2.24) is 15.5 Å². The lowest BCUT2D eigenvalue weighted by atomic mass is 10.1. The Kier molecular flexibility index (Phi) is 7.28. The zero-order chi connectivity index (χ0) is 13.4. The molecule has 0 aromatic carbocycles. The molecule has 0 aromatic heterocycles. The van der Waals surface area contributed by atoms with Gasteiger partial charge in [-0.2, -0.15) is 0 Å². The average molecular weight is 255 g/mol. The van der Waals surface area contributed by atoms with Gasteiger partial charge in [0.1, 0.15) is 0 Å². The van der Waals surface area contributed by atoms with Gasteiger partial charge in [0.2, 0.25) is 5.91 Å². The number of rotatable bonds is 7. The lowest BCUT2D eigenvalue weighted by Crippen LogP contribution is -2.49. The van der Waals surface area contributed by atoms with Crippen LogP contribution in [0.3, 0.4) is 0 Å². The second-order valence-electron chi connectivity index (χ2n) is 5.60. The van der Waals surface area contributed by atoms with Gasteiger partial charge in [0.15, 0.2) is 0 Å². The highest BCUT2D eigenvalue weighted by Gasteiger charge is 2.21. The van der Waals surface area contributed by atoms with Crippen molar-refractivity contribution in [3.8, 4) is 0 Å². The highest BCUT2D eigenvalue weighted by atomic mass is 16.2. The van der Waals surface area contributed by atoms with Gasteiger partial charge in [-0.05, 0) is 38.3 Å². The van der Waals surface area contributed by atoms with E-state index in [1.807, 2.05) is 0 Å². The minimum atomic E-state index is 0.170. The van der Waals surface area contributed by atoms with E-state index in [0.29, 0.717) is 18.5 Å². The van der Waals surface area contributed by atoms with E-state index in [0.717, 1.165) is 32.6 Å². The fraction of sp³-hybridized carbons (Fsp3) is 0.929. The number of nitrogens with one attached hydrogen (secondary N) is 2. The third-order valence-corrected chi connectivity index (χ3v) is 3.58. The Labute approximate surface area is 111 Å². The fourth-order valence-corrected chi connectivity index (χ4v) is 2.38. The molecule has 0 radical (unpaired) electrons. The molecule has 1 fully saturated rings. The van der Waals surface area contributed by atoms with Crippen LogP contribution in [0, 0.1) is 5.92 Å². The summed E-state index contributed by atoms with van der Waals surface area (Å²) < 4.78 is 0. The molecule has 4 nitrogen and oxygen atoms in total. The maximum Gasteiger partial charge on any atom is 0.234 e. The van der Waals surface area contributed by atoms with Crippen molar-refractivity contribution in [3.05, 3.63) is 0 Å². The van der Waals surface area contributed by atoms with E-state index >= 15 is 0 Å². The van der Waals surface area contributed by atoms with Crippen LogP contribution in [0.4, 0.5) is 0 Å². The summed E-state index contributed by atoms with van der Waals surface area (Å²) in [6.07, 6.45) is 3.49. The minimum Gasteiger partial charge on any atom is -0.355 e. The molecule has 2 N–H and O–H groups in total. The van der Waals surface area contributed by atoms with Crippen molar-refractivity contribution in [2.45, 2.75) is 46.1 Å². The molecule has 1 aliphatic heterocycles. The van der Waals surface area contributed by atoms with E-state index in [9.17, 15) is 4.79 Å². The molecular formula is C14H29N3O. The van der Waals surface area contributed by atoms with Crippen LogP contribution in [0.25, 0.3) is 0 Å². The van der Waals surface area contributed by atoms with Crippen LogP contribution in [-0.4, -0.2) is 49.6 Å². The average Bonchev–Trinajstić information content (AvgIpc) is 2.36. The Morgan fingerprint density at radius 2 is 2.28 bits per heavy atom. The summed E-state index contributed by atoms with van der Waals surface area (Å²) in [5.74, 6) is 0.818. The van der Waals surface area contributed by atoms with E-state index in [-0.39, 0.29) is 5.91 Å². The van der Waals surface area contributed by atoms with Crippen LogP contribution in [-0.2, 0) is 4.79 Å². The summed E-state index contributed by atoms with van der Waals surface area (Å²) in [7, 11) is 0. The van der Waals surface area contributed by atoms with Gasteiger partial charge >= 0.3 is 0 Å². The fourth-order valence-electron chi connectivity index (χ4n) is 2.38. The summed E-state index contributed by atoms with van der Waals surface area (Å²) in [6.45, 7) is 10.9. The van der Waals surface area contributed by atoms with Crippen LogP contribution < -0.4 is 10.6 Å². The highest BCUT2D eigenvalue weighted by molar-refractivity contribution is 5.78. The van der Waals surface area contributed by atoms with Gasteiger partial charge in [0.05, 0.1) is 6.54 Å². The Balaban J connectivity index is 2.26. The minimum absolute atomic E-state index is 0.170. The molecule has 18 heavy (non-hydrogen) atoms. The SMILES string of the molecule is CCN(CC(=O)NCCC(C)C)C1CCCNC1. The Morgan fingerprint density at radius 1 is 1.50 bits per heavy atom. The predicted octanol–water partition coefficient (Wildman–Crippen LogP) is 1.22. The van der Waals surface area contributed by atoms with Crippen molar-refractivity contribution < 1.29 is 4.79 Å². The Bertz CT molecular complexity index is 237. The van der Waals surface area contributed by atoms with Crippen molar-refractivity contribution in [1.29, 1.82) is 0 Å². The molecule has 1 aliphatic rings. The van der Waals surface area contributed by atoms with Gasteiger partial charge in [0.25, 0.3) is 0 Å². The number of amides is 1. The summed E-state index contributed by atoms with van der Waals surface area (Å²) in [4.78, 5) is 14.2. The van der Waals surface area contributed by atoms with Crippen LogP contribution in [0.5, 0.6) is 0 Å². The second kappa shape index (κ2) is 8.48. The first-order chi connectivity index (χ1) is 8.63. The van der Waals surface area contributed by atoms with E-state index in [1.54, 1.807) is 0 Å². The smallest absolute Gasteiger partial charge is 0.234 e. The summed E-state index contributed by atoms with van der Waals surface area (Å²) in [6, 6.07) is 0.527. The van der Waals surface area contributed by atoms with E-state index in [4.69, 9.17) is 0 Å². The van der Waals surface area contributed by atoms with Crippen LogP contribution >= 0.6 is 0 Å². The molecule has 1 rings (SSSR count). The quantitative estimate of drug-likeness (QED) is 0.719. The van der Waals surface area contributed by atoms with E-state index < -0.39 is 0 Å². The third-order valence-electron chi connectivity index (χ3n) is 3.58. The number of hydrogen-bond donors (Lipinski definition) is 2. The number of likely N-dealkylation sites (N-methyl/N-ethyl adjacent to an activating group) is 1. The van der Waals surface area contributed by atoms with Gasteiger partial charge in [-0.1, -0.05) is 20.8 Å². The standard InChI is InChI=1S/C14H29N3O/c1-4-17(13-6-5-8-15-10-13)11-14(18)16-9-7-12(2)3/h12-13,15H,4-11H2,1-3H3,(H,16,18). The molecule has 1 unspecified atom stereocenters. The zero-order valence-corrected chi connectivity index (χ0v) is 12.2. The number of piperidine rings is 1. The lowest BCUT2D eigenvalue weighted by Gasteiger charge is -2.33. The van der Waals surface area contributed by atoms with Gasteiger partial charge in [0, 0.05) is 19.1 Å². The first kappa shape index (κ1) is 15.4. The predicted molar refractivity (Wildman–Crippen MR) is 75.6 cm³/mol. The molecule has 1 saturated heterocycles. The summed E-state index contributed by atoms with van der Waals surface area (Å²) in [5.41, 5.74) is 0. The van der Waals surface area contributed by atoms with Crippen LogP contribution in [0.15, 0.2) is 0 Å².